The molecule has 1 aliphatic rings. The van der Waals surface area contributed by atoms with E-state index in [4.69, 9.17) is 23.2 Å². The number of aliphatic hydroxyl groups is 1. The molecule has 0 heterocycles. The van der Waals surface area contributed by atoms with Crippen molar-refractivity contribution in [2.45, 2.75) is 24.1 Å². The maximum atomic E-state index is 14.2. The second-order valence-corrected chi connectivity index (χ2v) is 5.09. The molecule has 1 unspecified atom stereocenters. The Morgan fingerprint density at radius 3 is 2.53 bits per heavy atom. The summed E-state index contributed by atoms with van der Waals surface area (Å²) in [5.74, 6) is -0.229. The van der Waals surface area contributed by atoms with E-state index in [9.17, 15) is 9.50 Å². The topological polar surface area (TPSA) is 20.2 Å². The number of hydrogen-bond donors (Lipinski definition) is 1. The maximum Gasteiger partial charge on any atom is 0.145 e. The maximum absolute atomic E-state index is 14.2. The minimum absolute atomic E-state index is 0.229. The summed E-state index contributed by atoms with van der Waals surface area (Å²) < 4.78 is 14.2. The molecule has 0 saturated heterocycles. The fourth-order valence-corrected chi connectivity index (χ4v) is 2.57. The molecule has 0 spiro atoms. The van der Waals surface area contributed by atoms with Crippen LogP contribution in [0.3, 0.4) is 0 Å². The minimum Gasteiger partial charge on any atom is -0.381 e. The van der Waals surface area contributed by atoms with Gasteiger partial charge in [-0.05, 0) is 30.0 Å². The number of alkyl halides is 2. The van der Waals surface area contributed by atoms with Crippen LogP contribution in [0.1, 0.15) is 18.4 Å². The molecule has 0 bridgehead atoms. The van der Waals surface area contributed by atoms with Gasteiger partial charge in [0.25, 0.3) is 0 Å². The monoisotopic (exact) mass is 274 g/mol. The summed E-state index contributed by atoms with van der Waals surface area (Å²) in [6.07, 6.45) is 0.611. The Balaban J connectivity index is 2.40. The van der Waals surface area contributed by atoms with E-state index in [0.29, 0.717) is 23.4 Å². The zero-order chi connectivity index (χ0) is 12.7. The number of benzene rings is 1. The normalized spacial score (nSPS) is 20.7. The van der Waals surface area contributed by atoms with Gasteiger partial charge < -0.3 is 5.11 Å². The minimum atomic E-state index is -1.74. The van der Waals surface area contributed by atoms with Crippen LogP contribution in [0.5, 0.6) is 0 Å². The summed E-state index contributed by atoms with van der Waals surface area (Å²) in [6, 6.07) is 6.91. The molecular formula is C13H13Cl2FO. The van der Waals surface area contributed by atoms with Crippen LogP contribution < -0.4 is 0 Å². The van der Waals surface area contributed by atoms with E-state index in [-0.39, 0.29) is 11.5 Å². The van der Waals surface area contributed by atoms with Crippen LogP contribution in [-0.2, 0) is 0 Å². The lowest BCUT2D eigenvalue weighted by molar-refractivity contribution is 0.0192. The molecule has 4 heteroatoms. The largest absolute Gasteiger partial charge is 0.381 e. The van der Waals surface area contributed by atoms with Crippen LogP contribution in [0.4, 0.5) is 4.39 Å². The van der Waals surface area contributed by atoms with E-state index in [1.165, 1.54) is 0 Å². The lowest BCUT2D eigenvalue weighted by atomic mass is 9.85. The first kappa shape index (κ1) is 12.9. The number of rotatable bonds is 4. The Labute approximate surface area is 110 Å². The van der Waals surface area contributed by atoms with E-state index in [0.717, 1.165) is 0 Å². The van der Waals surface area contributed by atoms with Crippen molar-refractivity contribution < 1.29 is 9.50 Å². The van der Waals surface area contributed by atoms with Crippen LogP contribution in [-0.4, -0.2) is 22.3 Å². The molecule has 1 fully saturated rings. The second kappa shape index (κ2) is 4.27. The SMILES string of the molecule is C=C(c1ccccc1Cl)C(O)(CCl)C1(F)CC1. The molecule has 0 amide bonds. The van der Waals surface area contributed by atoms with E-state index >= 15 is 0 Å². The van der Waals surface area contributed by atoms with Gasteiger partial charge in [-0.1, -0.05) is 36.4 Å². The Morgan fingerprint density at radius 1 is 1.47 bits per heavy atom. The molecule has 1 aromatic carbocycles. The highest BCUT2D eigenvalue weighted by Gasteiger charge is 2.61. The molecule has 1 aromatic rings. The molecule has 92 valence electrons. The third-order valence-electron chi connectivity index (χ3n) is 3.32. The Bertz CT molecular complexity index is 456. The molecular weight excluding hydrogens is 262 g/mol. The lowest BCUT2D eigenvalue weighted by Crippen LogP contribution is -2.44. The van der Waals surface area contributed by atoms with Crippen molar-refractivity contribution in [2.24, 2.45) is 0 Å². The van der Waals surface area contributed by atoms with Gasteiger partial charge in [0.05, 0.1) is 5.88 Å². The van der Waals surface area contributed by atoms with Crippen molar-refractivity contribution in [3.63, 3.8) is 0 Å². The molecule has 1 aliphatic carbocycles. The smallest absolute Gasteiger partial charge is 0.145 e. The molecule has 1 nitrogen and oxygen atoms in total. The molecule has 2 rings (SSSR count). The third kappa shape index (κ3) is 1.99. The van der Waals surface area contributed by atoms with Crippen LogP contribution in [0.25, 0.3) is 5.57 Å². The van der Waals surface area contributed by atoms with Crippen LogP contribution in [0.2, 0.25) is 5.02 Å². The van der Waals surface area contributed by atoms with Crippen LogP contribution in [0.15, 0.2) is 30.8 Å². The van der Waals surface area contributed by atoms with Crippen molar-refractivity contribution >= 4 is 28.8 Å². The number of halogens is 3. The zero-order valence-corrected chi connectivity index (χ0v) is 10.7. The highest BCUT2D eigenvalue weighted by molar-refractivity contribution is 6.32. The standard InChI is InChI=1S/C13H13Cl2FO/c1-9(10-4-2-3-5-11(10)15)13(17,8-14)12(16)6-7-12/h2-5,17H,1,6-8H2. The fraction of sp³-hybridized carbons (Fsp3) is 0.385. The molecule has 0 radical (unpaired) electrons. The van der Waals surface area contributed by atoms with Crippen molar-refractivity contribution in [1.82, 2.24) is 0 Å². The van der Waals surface area contributed by atoms with Gasteiger partial charge in [0.15, 0.2) is 0 Å². The average Bonchev–Trinajstić information content (AvgIpc) is 3.07. The molecule has 1 N–H and O–H groups in total. The fourth-order valence-electron chi connectivity index (χ4n) is 1.92. The van der Waals surface area contributed by atoms with Gasteiger partial charge in [0.1, 0.15) is 11.3 Å². The van der Waals surface area contributed by atoms with Crippen molar-refractivity contribution in [2.75, 3.05) is 5.88 Å². The molecule has 0 aliphatic heterocycles. The predicted molar refractivity (Wildman–Crippen MR) is 69.2 cm³/mol. The van der Waals surface area contributed by atoms with Gasteiger partial charge in [-0.2, -0.15) is 0 Å². The van der Waals surface area contributed by atoms with E-state index in [1.54, 1.807) is 24.3 Å². The second-order valence-electron chi connectivity index (χ2n) is 4.42. The summed E-state index contributed by atoms with van der Waals surface area (Å²) in [7, 11) is 0. The first-order chi connectivity index (χ1) is 7.94. The summed E-state index contributed by atoms with van der Waals surface area (Å²) in [5.41, 5.74) is -2.61. The average molecular weight is 275 g/mol. The summed E-state index contributed by atoms with van der Waals surface area (Å²) in [4.78, 5) is 0. The summed E-state index contributed by atoms with van der Waals surface area (Å²) >= 11 is 11.8. The summed E-state index contributed by atoms with van der Waals surface area (Å²) in [5, 5.41) is 10.8. The van der Waals surface area contributed by atoms with Gasteiger partial charge >= 0.3 is 0 Å². The van der Waals surface area contributed by atoms with Gasteiger partial charge in [-0.3, -0.25) is 0 Å². The third-order valence-corrected chi connectivity index (χ3v) is 4.04. The van der Waals surface area contributed by atoms with E-state index in [2.05, 4.69) is 6.58 Å². The van der Waals surface area contributed by atoms with Gasteiger partial charge in [-0.15, -0.1) is 11.6 Å². The first-order valence-corrected chi connectivity index (χ1v) is 6.27. The Morgan fingerprint density at radius 2 is 2.06 bits per heavy atom. The van der Waals surface area contributed by atoms with E-state index < -0.39 is 11.3 Å². The molecule has 1 saturated carbocycles. The zero-order valence-electron chi connectivity index (χ0n) is 9.22. The van der Waals surface area contributed by atoms with Crippen LogP contribution >= 0.6 is 23.2 Å². The van der Waals surface area contributed by atoms with Crippen molar-refractivity contribution in [3.8, 4) is 0 Å². The quantitative estimate of drug-likeness (QED) is 0.828. The highest BCUT2D eigenvalue weighted by Crippen LogP contribution is 2.54. The van der Waals surface area contributed by atoms with Crippen LogP contribution in [0, 0.1) is 0 Å². The summed E-state index contributed by atoms with van der Waals surface area (Å²) in [6.45, 7) is 3.78. The molecule has 0 aromatic heterocycles. The first-order valence-electron chi connectivity index (χ1n) is 5.36. The molecule has 17 heavy (non-hydrogen) atoms. The Hall–Kier alpha value is -0.570. The van der Waals surface area contributed by atoms with Gasteiger partial charge in [0.2, 0.25) is 0 Å². The van der Waals surface area contributed by atoms with Gasteiger partial charge in [0, 0.05) is 5.02 Å². The highest BCUT2D eigenvalue weighted by atomic mass is 35.5. The predicted octanol–water partition coefficient (Wildman–Crippen LogP) is 3.83. The Kier molecular flexibility index (Phi) is 3.23. The van der Waals surface area contributed by atoms with Gasteiger partial charge in [-0.25, -0.2) is 4.39 Å². The van der Waals surface area contributed by atoms with E-state index in [1.807, 2.05) is 0 Å². The lowest BCUT2D eigenvalue weighted by Gasteiger charge is -2.32. The molecule has 1 atom stereocenters. The van der Waals surface area contributed by atoms with Crippen molar-refractivity contribution in [3.05, 3.63) is 41.4 Å². The number of hydrogen-bond acceptors (Lipinski definition) is 1. The van der Waals surface area contributed by atoms with Crippen molar-refractivity contribution in [1.29, 1.82) is 0 Å².